The fourth-order valence-corrected chi connectivity index (χ4v) is 2.63. The first-order chi connectivity index (χ1) is 13.5. The topological polar surface area (TPSA) is 55.8 Å². The lowest BCUT2D eigenvalue weighted by molar-refractivity contribution is -0.136. The Morgan fingerprint density at radius 1 is 0.929 bits per heavy atom. The van der Waals surface area contributed by atoms with Crippen molar-refractivity contribution in [2.24, 2.45) is 0 Å². The maximum atomic E-state index is 14.2. The minimum atomic E-state index is -1.03. The van der Waals surface area contributed by atoms with Gasteiger partial charge in [0, 0.05) is 12.0 Å². The molecule has 0 aliphatic carbocycles. The molecule has 3 rings (SSSR count). The van der Waals surface area contributed by atoms with Gasteiger partial charge < -0.3 is 14.6 Å². The van der Waals surface area contributed by atoms with Gasteiger partial charge in [-0.05, 0) is 42.3 Å². The van der Waals surface area contributed by atoms with Gasteiger partial charge in [0.15, 0.2) is 17.4 Å². The van der Waals surface area contributed by atoms with Crippen molar-refractivity contribution >= 4 is 5.97 Å². The van der Waals surface area contributed by atoms with E-state index in [0.717, 1.165) is 12.1 Å². The van der Waals surface area contributed by atoms with Crippen LogP contribution in [0.1, 0.15) is 17.5 Å². The van der Waals surface area contributed by atoms with Gasteiger partial charge in [-0.3, -0.25) is 4.79 Å². The monoisotopic (exact) mass is 384 g/mol. The number of para-hydroxylation sites is 2. The smallest absolute Gasteiger partial charge is 0.303 e. The molecule has 0 fully saturated rings. The van der Waals surface area contributed by atoms with Crippen molar-refractivity contribution in [2.45, 2.75) is 19.4 Å². The molecular weight excluding hydrogens is 366 g/mol. The van der Waals surface area contributed by atoms with Gasteiger partial charge in [0.05, 0.1) is 0 Å². The second-order valence-electron chi connectivity index (χ2n) is 6.09. The summed E-state index contributed by atoms with van der Waals surface area (Å²) in [4.78, 5) is 10.6. The Balaban J connectivity index is 1.73. The molecule has 0 spiro atoms. The van der Waals surface area contributed by atoms with Gasteiger partial charge in [0.1, 0.15) is 18.1 Å². The number of carboxylic acid groups (broad SMARTS) is 1. The third-order valence-electron chi connectivity index (χ3n) is 4.00. The van der Waals surface area contributed by atoms with Crippen molar-refractivity contribution in [1.29, 1.82) is 0 Å². The fourth-order valence-electron chi connectivity index (χ4n) is 2.63. The first-order valence-corrected chi connectivity index (χ1v) is 8.66. The predicted molar refractivity (Wildman–Crippen MR) is 99.6 cm³/mol. The summed E-state index contributed by atoms with van der Waals surface area (Å²) in [6.45, 7) is -0.0919. The predicted octanol–water partition coefficient (Wildman–Crippen LogP) is 5.35. The van der Waals surface area contributed by atoms with E-state index in [4.69, 9.17) is 14.6 Å². The summed E-state index contributed by atoms with van der Waals surface area (Å²) in [5, 5.41) is 8.69. The highest BCUT2D eigenvalue weighted by molar-refractivity contribution is 5.67. The van der Waals surface area contributed by atoms with Crippen molar-refractivity contribution < 1.29 is 28.2 Å². The number of carboxylic acids is 1. The Morgan fingerprint density at radius 3 is 2.25 bits per heavy atom. The summed E-state index contributed by atoms with van der Waals surface area (Å²) in [5.41, 5.74) is 0.887. The van der Waals surface area contributed by atoms with E-state index in [1.807, 2.05) is 18.2 Å². The normalized spacial score (nSPS) is 10.5. The summed E-state index contributed by atoms with van der Waals surface area (Å²) in [7, 11) is 0. The molecule has 0 heterocycles. The molecular formula is C22H18F2O4. The number of hydrogen-bond donors (Lipinski definition) is 1. The SMILES string of the molecule is O=C(O)CCc1cc(F)c(OCc2ccccc2Oc2ccccc2)c(F)c1. The van der Waals surface area contributed by atoms with E-state index in [9.17, 15) is 13.6 Å². The van der Waals surface area contributed by atoms with Gasteiger partial charge in [0.25, 0.3) is 0 Å². The molecule has 0 atom stereocenters. The van der Waals surface area contributed by atoms with Crippen molar-refractivity contribution in [3.63, 3.8) is 0 Å². The van der Waals surface area contributed by atoms with Crippen LogP contribution < -0.4 is 9.47 Å². The Labute approximate surface area is 161 Å². The quantitative estimate of drug-likeness (QED) is 0.569. The Bertz CT molecular complexity index is 935. The van der Waals surface area contributed by atoms with E-state index in [1.54, 1.807) is 36.4 Å². The van der Waals surface area contributed by atoms with Crippen LogP contribution in [0, 0.1) is 11.6 Å². The lowest BCUT2D eigenvalue weighted by atomic mass is 10.1. The van der Waals surface area contributed by atoms with E-state index in [-0.39, 0.29) is 25.0 Å². The summed E-state index contributed by atoms with van der Waals surface area (Å²) in [6, 6.07) is 18.4. The summed E-state index contributed by atoms with van der Waals surface area (Å²) in [5.74, 6) is -2.13. The lowest BCUT2D eigenvalue weighted by Gasteiger charge is -2.13. The second kappa shape index (κ2) is 8.99. The molecule has 0 unspecified atom stereocenters. The van der Waals surface area contributed by atoms with E-state index in [2.05, 4.69) is 0 Å². The molecule has 0 aliphatic heterocycles. The number of rotatable bonds is 8. The minimum absolute atomic E-state index is 0.0389. The van der Waals surface area contributed by atoms with Crippen LogP contribution >= 0.6 is 0 Å². The first-order valence-electron chi connectivity index (χ1n) is 8.66. The van der Waals surface area contributed by atoms with Crippen molar-refractivity contribution in [2.75, 3.05) is 0 Å². The van der Waals surface area contributed by atoms with Crippen LogP contribution in [0.25, 0.3) is 0 Å². The van der Waals surface area contributed by atoms with Gasteiger partial charge in [-0.2, -0.15) is 0 Å². The second-order valence-corrected chi connectivity index (χ2v) is 6.09. The molecule has 3 aromatic carbocycles. The number of halogens is 2. The lowest BCUT2D eigenvalue weighted by Crippen LogP contribution is -2.04. The molecule has 0 bridgehead atoms. The van der Waals surface area contributed by atoms with Crippen LogP contribution in [-0.2, 0) is 17.8 Å². The van der Waals surface area contributed by atoms with Gasteiger partial charge in [-0.1, -0.05) is 36.4 Å². The number of ether oxygens (including phenoxy) is 2. The zero-order valence-electron chi connectivity index (χ0n) is 14.9. The number of aliphatic carboxylic acids is 1. The number of aryl methyl sites for hydroxylation is 1. The van der Waals surface area contributed by atoms with Gasteiger partial charge >= 0.3 is 5.97 Å². The van der Waals surface area contributed by atoms with Crippen molar-refractivity contribution in [3.8, 4) is 17.2 Å². The summed E-state index contributed by atoms with van der Waals surface area (Å²) in [6.07, 6.45) is -0.166. The highest BCUT2D eigenvalue weighted by Gasteiger charge is 2.15. The third kappa shape index (κ3) is 5.07. The zero-order valence-corrected chi connectivity index (χ0v) is 14.9. The number of hydrogen-bond acceptors (Lipinski definition) is 3. The Kier molecular flexibility index (Phi) is 6.22. The van der Waals surface area contributed by atoms with Crippen LogP contribution in [0.5, 0.6) is 17.2 Å². The van der Waals surface area contributed by atoms with E-state index in [1.165, 1.54) is 0 Å². The molecule has 0 aliphatic rings. The largest absolute Gasteiger partial charge is 0.483 e. The maximum absolute atomic E-state index is 14.2. The molecule has 4 nitrogen and oxygen atoms in total. The molecule has 28 heavy (non-hydrogen) atoms. The van der Waals surface area contributed by atoms with Gasteiger partial charge in [-0.15, -0.1) is 0 Å². The number of benzene rings is 3. The van der Waals surface area contributed by atoms with Gasteiger partial charge in [-0.25, -0.2) is 8.78 Å². The van der Waals surface area contributed by atoms with E-state index in [0.29, 0.717) is 17.1 Å². The molecule has 144 valence electrons. The Morgan fingerprint density at radius 2 is 1.57 bits per heavy atom. The maximum Gasteiger partial charge on any atom is 0.303 e. The molecule has 0 saturated heterocycles. The molecule has 0 radical (unpaired) electrons. The average Bonchev–Trinajstić information content (AvgIpc) is 2.68. The summed E-state index contributed by atoms with van der Waals surface area (Å²) >= 11 is 0. The fraction of sp³-hybridized carbons (Fsp3) is 0.136. The number of carbonyl (C=O) groups is 1. The molecule has 3 aromatic rings. The van der Waals surface area contributed by atoms with Crippen LogP contribution in [0.15, 0.2) is 66.7 Å². The highest BCUT2D eigenvalue weighted by Crippen LogP contribution is 2.29. The molecule has 0 aromatic heterocycles. The Hall–Kier alpha value is -3.41. The van der Waals surface area contributed by atoms with Crippen LogP contribution in [0.4, 0.5) is 8.78 Å². The van der Waals surface area contributed by atoms with Gasteiger partial charge in [0.2, 0.25) is 0 Å². The molecule has 0 saturated carbocycles. The molecule has 1 N–H and O–H groups in total. The minimum Gasteiger partial charge on any atom is -0.483 e. The van der Waals surface area contributed by atoms with Crippen LogP contribution in [0.2, 0.25) is 0 Å². The highest BCUT2D eigenvalue weighted by atomic mass is 19.1. The first kappa shape index (κ1) is 19.4. The van der Waals surface area contributed by atoms with Crippen LogP contribution in [0.3, 0.4) is 0 Å². The summed E-state index contributed by atoms with van der Waals surface area (Å²) < 4.78 is 39.7. The standard InChI is InChI=1S/C22H18F2O4/c23-18-12-15(10-11-21(25)26)13-19(24)22(18)27-14-16-6-4-5-9-20(16)28-17-7-2-1-3-8-17/h1-9,12-13H,10-11,14H2,(H,25,26). The zero-order chi connectivity index (χ0) is 19.9. The molecule has 0 amide bonds. The van der Waals surface area contributed by atoms with E-state index < -0.39 is 23.4 Å². The average molecular weight is 384 g/mol. The van der Waals surface area contributed by atoms with Crippen molar-refractivity contribution in [3.05, 3.63) is 89.5 Å². The van der Waals surface area contributed by atoms with Crippen molar-refractivity contribution in [1.82, 2.24) is 0 Å². The third-order valence-corrected chi connectivity index (χ3v) is 4.00. The molecule has 6 heteroatoms. The van der Waals surface area contributed by atoms with Crippen LogP contribution in [-0.4, -0.2) is 11.1 Å². The van der Waals surface area contributed by atoms with E-state index >= 15 is 0 Å².